The molecule has 2 aromatic carbocycles. The Balaban J connectivity index is 1.44. The molecule has 0 amide bonds. The fourth-order valence-corrected chi connectivity index (χ4v) is 5.26. The van der Waals surface area contributed by atoms with Crippen LogP contribution in [0.2, 0.25) is 0 Å². The molecule has 0 saturated carbocycles. The molecule has 3 N–H and O–H groups in total. The van der Waals surface area contributed by atoms with Crippen molar-refractivity contribution in [1.29, 1.82) is 0 Å². The molecule has 3 aromatic rings. The highest BCUT2D eigenvalue weighted by molar-refractivity contribution is 8.14. The summed E-state index contributed by atoms with van der Waals surface area (Å²) in [7, 11) is 0. The highest BCUT2D eigenvalue weighted by Crippen LogP contribution is 2.35. The van der Waals surface area contributed by atoms with Crippen LogP contribution in [-0.4, -0.2) is 52.7 Å². The van der Waals surface area contributed by atoms with Crippen LogP contribution >= 0.6 is 11.8 Å². The van der Waals surface area contributed by atoms with E-state index < -0.39 is 5.97 Å². The largest absolute Gasteiger partial charge is 0.481 e. The predicted octanol–water partition coefficient (Wildman–Crippen LogP) is 5.14. The molecule has 0 spiro atoms. The molecular formula is C25H27N3O4S. The lowest BCUT2D eigenvalue weighted by molar-refractivity contribution is -0.137. The number of rotatable bonds is 8. The smallest absolute Gasteiger partial charge is 0.305 e. The van der Waals surface area contributed by atoms with Gasteiger partial charge in [-0.25, -0.2) is 0 Å². The van der Waals surface area contributed by atoms with E-state index in [4.69, 9.17) is 14.6 Å². The summed E-state index contributed by atoms with van der Waals surface area (Å²) in [5, 5.41) is 14.6. The van der Waals surface area contributed by atoms with E-state index >= 15 is 0 Å². The van der Waals surface area contributed by atoms with E-state index in [1.807, 2.05) is 42.5 Å². The zero-order valence-electron chi connectivity index (χ0n) is 18.3. The van der Waals surface area contributed by atoms with Crippen molar-refractivity contribution in [3.05, 3.63) is 54.2 Å². The number of fused-ring (bicyclic) bond motifs is 1. The number of para-hydroxylation sites is 1. The highest BCUT2D eigenvalue weighted by atomic mass is 32.2. The number of ether oxygens (including phenoxy) is 2. The lowest BCUT2D eigenvalue weighted by Gasteiger charge is -2.23. The lowest BCUT2D eigenvalue weighted by atomic mass is 10.0. The number of aromatic nitrogens is 1. The molecule has 172 valence electrons. The second kappa shape index (κ2) is 9.89. The van der Waals surface area contributed by atoms with E-state index in [-0.39, 0.29) is 12.5 Å². The van der Waals surface area contributed by atoms with Gasteiger partial charge in [-0.15, -0.1) is 11.8 Å². The molecule has 8 heteroatoms. The van der Waals surface area contributed by atoms with Crippen LogP contribution in [0.25, 0.3) is 10.9 Å². The van der Waals surface area contributed by atoms with E-state index in [9.17, 15) is 4.79 Å². The maximum Gasteiger partial charge on any atom is 0.305 e. The third kappa shape index (κ3) is 5.34. The molecule has 1 unspecified atom stereocenters. The third-order valence-corrected chi connectivity index (χ3v) is 7.11. The predicted molar refractivity (Wildman–Crippen MR) is 132 cm³/mol. The van der Waals surface area contributed by atoms with E-state index in [0.29, 0.717) is 11.7 Å². The molecule has 1 fully saturated rings. The van der Waals surface area contributed by atoms with Gasteiger partial charge in [-0.2, -0.15) is 0 Å². The van der Waals surface area contributed by atoms with Gasteiger partial charge in [0.05, 0.1) is 29.4 Å². The topological polar surface area (TPSA) is 95.9 Å². The summed E-state index contributed by atoms with van der Waals surface area (Å²) < 4.78 is 11.6. The van der Waals surface area contributed by atoms with Crippen LogP contribution in [0.3, 0.4) is 0 Å². The minimum atomic E-state index is -0.815. The number of thioether (sulfide) groups is 1. The first-order valence-electron chi connectivity index (χ1n) is 11.3. The van der Waals surface area contributed by atoms with Gasteiger partial charge in [0.25, 0.3) is 0 Å². The average Bonchev–Trinajstić information content (AvgIpc) is 3.45. The quantitative estimate of drug-likeness (QED) is 0.427. The van der Waals surface area contributed by atoms with Crippen molar-refractivity contribution in [2.45, 2.75) is 25.3 Å². The number of benzene rings is 2. The Morgan fingerprint density at radius 1 is 1.18 bits per heavy atom. The first-order chi connectivity index (χ1) is 16.1. The van der Waals surface area contributed by atoms with Gasteiger partial charge in [0, 0.05) is 37.0 Å². The van der Waals surface area contributed by atoms with Crippen molar-refractivity contribution in [2.24, 2.45) is 10.9 Å². The number of hydrogen-bond donors (Lipinski definition) is 3. The standard InChI is InChI=1S/C25H27N3O4S/c29-23(30)12-18-15-33-25(27-18)22-11-17-10-20(32-19-4-2-1-3-5-19)13-21(24(17)28-22)26-14-16-6-8-31-9-7-16/h1-5,10-11,13,16,18,26,28H,6-9,12,14-15H2,(H,29,30). The fourth-order valence-electron chi connectivity index (χ4n) is 4.23. The van der Waals surface area contributed by atoms with E-state index in [0.717, 1.165) is 71.4 Å². The molecule has 33 heavy (non-hydrogen) atoms. The van der Waals surface area contributed by atoms with Crippen molar-refractivity contribution < 1.29 is 19.4 Å². The van der Waals surface area contributed by atoms with E-state index in [1.165, 1.54) is 0 Å². The summed E-state index contributed by atoms with van der Waals surface area (Å²) in [6, 6.07) is 15.7. The summed E-state index contributed by atoms with van der Waals surface area (Å²) in [4.78, 5) is 19.2. The fraction of sp³-hybridized carbons (Fsp3) is 0.360. The molecule has 0 aliphatic carbocycles. The normalized spacial score (nSPS) is 18.9. The van der Waals surface area contributed by atoms with Gasteiger partial charge in [-0.1, -0.05) is 18.2 Å². The molecule has 3 heterocycles. The first-order valence-corrected chi connectivity index (χ1v) is 12.3. The van der Waals surface area contributed by atoms with Crippen LogP contribution in [0, 0.1) is 5.92 Å². The van der Waals surface area contributed by atoms with Crippen LogP contribution < -0.4 is 10.1 Å². The number of anilines is 1. The Labute approximate surface area is 196 Å². The summed E-state index contributed by atoms with van der Waals surface area (Å²) in [6.07, 6.45) is 2.18. The second-order valence-electron chi connectivity index (χ2n) is 8.47. The summed E-state index contributed by atoms with van der Waals surface area (Å²) in [5.74, 6) is 2.00. The molecule has 0 radical (unpaired) electrons. The molecule has 1 saturated heterocycles. The van der Waals surface area contributed by atoms with Crippen molar-refractivity contribution >= 4 is 39.4 Å². The average molecular weight is 466 g/mol. The number of H-pyrrole nitrogens is 1. The Morgan fingerprint density at radius 3 is 2.79 bits per heavy atom. The molecule has 0 bridgehead atoms. The van der Waals surface area contributed by atoms with Crippen LogP contribution in [-0.2, 0) is 9.53 Å². The highest BCUT2D eigenvalue weighted by Gasteiger charge is 2.23. The minimum Gasteiger partial charge on any atom is -0.481 e. The molecule has 2 aliphatic heterocycles. The molecule has 1 aromatic heterocycles. The number of aliphatic carboxylic acids is 1. The number of nitrogens with one attached hydrogen (secondary N) is 2. The van der Waals surface area contributed by atoms with Gasteiger partial charge >= 0.3 is 5.97 Å². The Morgan fingerprint density at radius 2 is 2.00 bits per heavy atom. The SMILES string of the molecule is O=C(O)CC1CSC(c2cc3cc(Oc4ccccc4)cc(NCC4CCOCC4)c3[nH]2)=N1. The lowest BCUT2D eigenvalue weighted by Crippen LogP contribution is -2.22. The monoisotopic (exact) mass is 465 g/mol. The van der Waals surface area contributed by atoms with Crippen molar-refractivity contribution in [2.75, 3.05) is 30.8 Å². The number of hydrogen-bond acceptors (Lipinski definition) is 6. The Kier molecular flexibility index (Phi) is 6.55. The van der Waals surface area contributed by atoms with Crippen molar-refractivity contribution in [3.63, 3.8) is 0 Å². The summed E-state index contributed by atoms with van der Waals surface area (Å²) in [5.41, 5.74) is 2.90. The number of aliphatic imine (C=N–C) groups is 1. The Bertz CT molecular complexity index is 1160. The number of carbonyl (C=O) groups is 1. The van der Waals surface area contributed by atoms with Gasteiger partial charge in [0.1, 0.15) is 16.5 Å². The molecule has 1 atom stereocenters. The zero-order valence-corrected chi connectivity index (χ0v) is 19.1. The third-order valence-electron chi connectivity index (χ3n) is 5.96. The molecule has 7 nitrogen and oxygen atoms in total. The maximum absolute atomic E-state index is 11.1. The number of carboxylic acids is 1. The first kappa shape index (κ1) is 21.9. The minimum absolute atomic E-state index is 0.0592. The number of nitrogens with zero attached hydrogens (tertiary/aromatic N) is 1. The molecular weight excluding hydrogens is 438 g/mol. The van der Waals surface area contributed by atoms with Gasteiger partial charge in [0.2, 0.25) is 0 Å². The van der Waals surface area contributed by atoms with Gasteiger partial charge in [-0.3, -0.25) is 9.79 Å². The van der Waals surface area contributed by atoms with Crippen LogP contribution in [0.4, 0.5) is 5.69 Å². The van der Waals surface area contributed by atoms with Crippen molar-refractivity contribution in [1.82, 2.24) is 4.98 Å². The van der Waals surface area contributed by atoms with Gasteiger partial charge < -0.3 is 24.9 Å². The second-order valence-corrected chi connectivity index (χ2v) is 9.48. The number of carboxylic acid groups (broad SMARTS) is 1. The van der Waals surface area contributed by atoms with Gasteiger partial charge in [0.15, 0.2) is 0 Å². The van der Waals surface area contributed by atoms with Crippen molar-refractivity contribution in [3.8, 4) is 11.5 Å². The van der Waals surface area contributed by atoms with E-state index in [1.54, 1.807) is 11.8 Å². The molecule has 2 aliphatic rings. The van der Waals surface area contributed by atoms with Crippen LogP contribution in [0.15, 0.2) is 53.5 Å². The maximum atomic E-state index is 11.1. The zero-order chi connectivity index (χ0) is 22.6. The summed E-state index contributed by atoms with van der Waals surface area (Å²) in [6.45, 7) is 2.51. The van der Waals surface area contributed by atoms with Crippen LogP contribution in [0.1, 0.15) is 25.0 Å². The number of aromatic amines is 1. The molecule has 5 rings (SSSR count). The Hall–Kier alpha value is -2.97. The summed E-state index contributed by atoms with van der Waals surface area (Å²) >= 11 is 1.60. The van der Waals surface area contributed by atoms with Gasteiger partial charge in [-0.05, 0) is 43.0 Å². The van der Waals surface area contributed by atoms with Crippen LogP contribution in [0.5, 0.6) is 11.5 Å². The van der Waals surface area contributed by atoms with E-state index in [2.05, 4.69) is 21.4 Å².